The van der Waals surface area contributed by atoms with Gasteiger partial charge < -0.3 is 5.11 Å². The lowest BCUT2D eigenvalue weighted by Crippen LogP contribution is -2.11. The van der Waals surface area contributed by atoms with Gasteiger partial charge >= 0.3 is 6.18 Å². The maximum absolute atomic E-state index is 12.7. The molecule has 0 aliphatic heterocycles. The molecule has 1 nitrogen and oxygen atoms in total. The van der Waals surface area contributed by atoms with Crippen LogP contribution >= 0.6 is 0 Å². The zero-order chi connectivity index (χ0) is 16.4. The van der Waals surface area contributed by atoms with Crippen molar-refractivity contribution in [1.82, 2.24) is 0 Å². The lowest BCUT2D eigenvalue weighted by Gasteiger charge is -2.24. The molecule has 1 N–H and O–H groups in total. The van der Waals surface area contributed by atoms with Crippen molar-refractivity contribution in [3.63, 3.8) is 0 Å². The van der Waals surface area contributed by atoms with Crippen LogP contribution < -0.4 is 0 Å². The number of hydrogen-bond acceptors (Lipinski definition) is 1. The third kappa shape index (κ3) is 3.52. The van der Waals surface area contributed by atoms with Crippen LogP contribution in [0.1, 0.15) is 22.6 Å². The molecule has 4 heteroatoms. The number of rotatable bonds is 3. The van der Waals surface area contributed by atoms with Gasteiger partial charge in [0.2, 0.25) is 0 Å². The summed E-state index contributed by atoms with van der Waals surface area (Å²) < 4.78 is 38.2. The highest BCUT2D eigenvalue weighted by atomic mass is 19.4. The molecule has 0 amide bonds. The van der Waals surface area contributed by atoms with Gasteiger partial charge in [-0.25, -0.2) is 0 Å². The van der Waals surface area contributed by atoms with E-state index in [0.29, 0.717) is 0 Å². The number of phenolic OH excluding ortho intramolecular Hbond substituents is 1. The van der Waals surface area contributed by atoms with Crippen LogP contribution in [-0.2, 0) is 6.18 Å². The van der Waals surface area contributed by atoms with Crippen LogP contribution in [0.15, 0.2) is 48.5 Å². The quantitative estimate of drug-likeness (QED) is 0.850. The van der Waals surface area contributed by atoms with Crippen molar-refractivity contribution in [1.29, 1.82) is 0 Å². The Balaban J connectivity index is 1.96. The van der Waals surface area contributed by atoms with Crippen molar-refractivity contribution < 1.29 is 18.3 Å². The fraction of sp³-hybridized carbons (Fsp3) is 0.105. The summed E-state index contributed by atoms with van der Waals surface area (Å²) in [6.45, 7) is 0. The van der Waals surface area contributed by atoms with Crippen LogP contribution in [0.5, 0.6) is 5.75 Å². The van der Waals surface area contributed by atoms with E-state index in [-0.39, 0.29) is 11.7 Å². The minimum atomic E-state index is -4.34. The standard InChI is InChI=1S/C19H14F3O/c20-19(21,22)16-9-5-14(6-10-16)18(13-3-1-2-4-13)15-7-11-17(23)12-8-15/h1-12,18,23H. The summed E-state index contributed by atoms with van der Waals surface area (Å²) in [5, 5.41) is 9.44. The van der Waals surface area contributed by atoms with Crippen molar-refractivity contribution in [2.24, 2.45) is 0 Å². The second-order valence-electron chi connectivity index (χ2n) is 5.36. The van der Waals surface area contributed by atoms with Crippen LogP contribution in [0, 0.1) is 31.6 Å². The molecule has 1 atom stereocenters. The molecule has 1 unspecified atom stereocenters. The molecule has 5 radical (unpaired) electrons. The average molecular weight is 315 g/mol. The van der Waals surface area contributed by atoms with Gasteiger partial charge in [-0.05, 0) is 67.0 Å². The fourth-order valence-electron chi connectivity index (χ4n) is 2.69. The van der Waals surface area contributed by atoms with Gasteiger partial charge in [-0.3, -0.25) is 0 Å². The number of hydrogen-bond donors (Lipinski definition) is 1. The van der Waals surface area contributed by atoms with E-state index in [1.165, 1.54) is 12.1 Å². The first kappa shape index (κ1) is 15.9. The van der Waals surface area contributed by atoms with Crippen LogP contribution in [0.3, 0.4) is 0 Å². The largest absolute Gasteiger partial charge is 0.508 e. The Morgan fingerprint density at radius 2 is 1.22 bits per heavy atom. The Hall–Kier alpha value is -1.97. The first-order valence-corrected chi connectivity index (χ1v) is 7.13. The third-order valence-electron chi connectivity index (χ3n) is 3.82. The summed E-state index contributed by atoms with van der Waals surface area (Å²) in [6, 6.07) is 11.9. The summed E-state index contributed by atoms with van der Waals surface area (Å²) in [6.07, 6.45) is 3.33. The molecule has 0 spiro atoms. The van der Waals surface area contributed by atoms with Crippen molar-refractivity contribution in [3.8, 4) is 5.75 Å². The van der Waals surface area contributed by atoms with Gasteiger partial charge in [0.1, 0.15) is 5.75 Å². The monoisotopic (exact) mass is 315 g/mol. The summed E-state index contributed by atoms with van der Waals surface area (Å²) in [7, 11) is 0. The Morgan fingerprint density at radius 1 is 0.739 bits per heavy atom. The Kier molecular flexibility index (Phi) is 4.33. The van der Waals surface area contributed by atoms with Crippen molar-refractivity contribution in [2.45, 2.75) is 12.1 Å². The van der Waals surface area contributed by atoms with Gasteiger partial charge in [0.15, 0.2) is 0 Å². The molecule has 0 saturated heterocycles. The molecule has 1 aliphatic rings. The minimum absolute atomic E-state index is 0.155. The maximum atomic E-state index is 12.7. The minimum Gasteiger partial charge on any atom is -0.508 e. The molecule has 3 rings (SSSR count). The topological polar surface area (TPSA) is 20.2 Å². The summed E-state index contributed by atoms with van der Waals surface area (Å²) >= 11 is 0. The molecular formula is C19H14F3O. The predicted octanol–water partition coefficient (Wildman–Crippen LogP) is 4.95. The first-order valence-electron chi connectivity index (χ1n) is 7.13. The zero-order valence-electron chi connectivity index (χ0n) is 12.1. The molecule has 1 fully saturated rings. The van der Waals surface area contributed by atoms with Crippen molar-refractivity contribution in [3.05, 3.63) is 96.8 Å². The van der Waals surface area contributed by atoms with E-state index in [1.807, 2.05) is 25.7 Å². The highest BCUT2D eigenvalue weighted by Crippen LogP contribution is 2.42. The Bertz CT molecular complexity index is 638. The number of aromatic hydroxyl groups is 1. The van der Waals surface area contributed by atoms with E-state index in [9.17, 15) is 18.3 Å². The number of alkyl halides is 3. The second-order valence-corrected chi connectivity index (χ2v) is 5.36. The van der Waals surface area contributed by atoms with Gasteiger partial charge in [-0.2, -0.15) is 13.2 Å². The predicted molar refractivity (Wildman–Crippen MR) is 81.8 cm³/mol. The van der Waals surface area contributed by atoms with E-state index < -0.39 is 11.7 Å². The second kappa shape index (κ2) is 6.26. The van der Waals surface area contributed by atoms with Crippen LogP contribution in [0.25, 0.3) is 0 Å². The number of benzene rings is 2. The SMILES string of the molecule is Oc1ccc(C([C]2[CH][CH][CH][CH]2)c2ccc(C(F)(F)F)cc2)cc1. The van der Waals surface area contributed by atoms with Crippen LogP contribution in [-0.4, -0.2) is 5.11 Å². The molecule has 23 heavy (non-hydrogen) atoms. The van der Waals surface area contributed by atoms with Gasteiger partial charge in [0.25, 0.3) is 0 Å². The normalized spacial score (nSPS) is 17.3. The fourth-order valence-corrected chi connectivity index (χ4v) is 2.69. The summed E-state index contributed by atoms with van der Waals surface area (Å²) in [5.74, 6) is 0.978. The Labute approximate surface area is 133 Å². The maximum Gasteiger partial charge on any atom is 0.416 e. The number of halogens is 3. The van der Waals surface area contributed by atoms with Crippen LogP contribution in [0.2, 0.25) is 0 Å². The molecule has 0 aromatic heterocycles. The van der Waals surface area contributed by atoms with E-state index in [0.717, 1.165) is 29.2 Å². The molecule has 1 aliphatic carbocycles. The lowest BCUT2D eigenvalue weighted by atomic mass is 9.79. The van der Waals surface area contributed by atoms with E-state index in [4.69, 9.17) is 0 Å². The number of phenols is 1. The smallest absolute Gasteiger partial charge is 0.416 e. The molecule has 2 aromatic rings. The van der Waals surface area contributed by atoms with E-state index in [2.05, 4.69) is 0 Å². The Morgan fingerprint density at radius 3 is 1.70 bits per heavy atom. The molecule has 1 saturated carbocycles. The lowest BCUT2D eigenvalue weighted by molar-refractivity contribution is -0.137. The highest BCUT2D eigenvalue weighted by Gasteiger charge is 2.32. The summed E-state index contributed by atoms with van der Waals surface area (Å²) in [5.41, 5.74) is 1.02. The van der Waals surface area contributed by atoms with E-state index >= 15 is 0 Å². The van der Waals surface area contributed by atoms with Crippen LogP contribution in [0.4, 0.5) is 13.2 Å². The highest BCUT2D eigenvalue weighted by molar-refractivity contribution is 5.50. The van der Waals surface area contributed by atoms with Gasteiger partial charge in [-0.15, -0.1) is 0 Å². The first-order chi connectivity index (χ1) is 10.9. The summed E-state index contributed by atoms with van der Waals surface area (Å²) in [4.78, 5) is 0. The third-order valence-corrected chi connectivity index (χ3v) is 3.82. The zero-order valence-corrected chi connectivity index (χ0v) is 12.1. The van der Waals surface area contributed by atoms with Gasteiger partial charge in [0.05, 0.1) is 5.56 Å². The average Bonchev–Trinajstić information content (AvgIpc) is 3.03. The van der Waals surface area contributed by atoms with E-state index in [1.54, 1.807) is 24.3 Å². The molecular weight excluding hydrogens is 301 g/mol. The van der Waals surface area contributed by atoms with Crippen molar-refractivity contribution in [2.75, 3.05) is 0 Å². The molecule has 0 heterocycles. The van der Waals surface area contributed by atoms with Gasteiger partial charge in [-0.1, -0.05) is 24.3 Å². The molecule has 0 bridgehead atoms. The molecule has 117 valence electrons. The van der Waals surface area contributed by atoms with Gasteiger partial charge in [0, 0.05) is 5.92 Å². The molecule has 2 aromatic carbocycles. The van der Waals surface area contributed by atoms with Crippen molar-refractivity contribution >= 4 is 0 Å².